The highest BCUT2D eigenvalue weighted by atomic mass is 16.5. The monoisotopic (exact) mass is 193 g/mol. The molecule has 76 valence electrons. The molecule has 0 aromatic heterocycles. The molecule has 3 heteroatoms. The Balaban J connectivity index is 2.55. The lowest BCUT2D eigenvalue weighted by Crippen LogP contribution is -2.39. The number of aryl methyl sites for hydroxylation is 1. The Morgan fingerprint density at radius 2 is 2.36 bits per heavy atom. The maximum atomic E-state index is 10.3. The minimum Gasteiger partial charge on any atom is -0.493 e. The Labute approximate surface area is 83.5 Å². The summed E-state index contributed by atoms with van der Waals surface area (Å²) in [5.41, 5.74) is 6.57. The van der Waals surface area contributed by atoms with Crippen LogP contribution in [0.2, 0.25) is 0 Å². The number of benzene rings is 1. The SMILES string of the molecule is Cc1cccc2c1OCCC2(O)CN. The van der Waals surface area contributed by atoms with Crippen LogP contribution in [-0.4, -0.2) is 18.3 Å². The van der Waals surface area contributed by atoms with E-state index in [1.807, 2.05) is 25.1 Å². The molecule has 1 unspecified atom stereocenters. The summed E-state index contributed by atoms with van der Waals surface area (Å²) in [4.78, 5) is 0. The lowest BCUT2D eigenvalue weighted by Gasteiger charge is -2.33. The van der Waals surface area contributed by atoms with Crippen molar-refractivity contribution in [2.24, 2.45) is 5.73 Å². The van der Waals surface area contributed by atoms with Gasteiger partial charge in [0, 0.05) is 18.5 Å². The predicted octanol–water partition coefficient (Wildman–Crippen LogP) is 0.924. The van der Waals surface area contributed by atoms with Crippen molar-refractivity contribution < 1.29 is 9.84 Å². The van der Waals surface area contributed by atoms with Crippen molar-refractivity contribution in [1.82, 2.24) is 0 Å². The Kier molecular flexibility index (Phi) is 2.21. The van der Waals surface area contributed by atoms with Gasteiger partial charge < -0.3 is 15.6 Å². The van der Waals surface area contributed by atoms with Crippen LogP contribution in [0.5, 0.6) is 5.75 Å². The third kappa shape index (κ3) is 1.29. The molecular weight excluding hydrogens is 178 g/mol. The molecule has 1 atom stereocenters. The van der Waals surface area contributed by atoms with Gasteiger partial charge in [-0.1, -0.05) is 18.2 Å². The van der Waals surface area contributed by atoms with Gasteiger partial charge in [-0.15, -0.1) is 0 Å². The van der Waals surface area contributed by atoms with E-state index in [4.69, 9.17) is 10.5 Å². The molecule has 0 radical (unpaired) electrons. The molecule has 1 heterocycles. The fourth-order valence-electron chi connectivity index (χ4n) is 1.88. The first-order valence-electron chi connectivity index (χ1n) is 4.83. The van der Waals surface area contributed by atoms with E-state index in [0.717, 1.165) is 16.9 Å². The molecular formula is C11H15NO2. The van der Waals surface area contributed by atoms with Crippen molar-refractivity contribution in [1.29, 1.82) is 0 Å². The number of para-hydroxylation sites is 1. The molecule has 0 fully saturated rings. The van der Waals surface area contributed by atoms with Crippen LogP contribution in [0.4, 0.5) is 0 Å². The van der Waals surface area contributed by atoms with Gasteiger partial charge in [0.2, 0.25) is 0 Å². The number of hydrogen-bond acceptors (Lipinski definition) is 3. The van der Waals surface area contributed by atoms with Gasteiger partial charge in [0.25, 0.3) is 0 Å². The van der Waals surface area contributed by atoms with Crippen LogP contribution in [0, 0.1) is 6.92 Å². The highest BCUT2D eigenvalue weighted by molar-refractivity contribution is 5.45. The first-order chi connectivity index (χ1) is 6.67. The first kappa shape index (κ1) is 9.49. The molecule has 14 heavy (non-hydrogen) atoms. The summed E-state index contributed by atoms with van der Waals surface area (Å²) in [6.07, 6.45) is 0.569. The van der Waals surface area contributed by atoms with Gasteiger partial charge in [-0.05, 0) is 12.5 Å². The number of ether oxygens (including phenoxy) is 1. The predicted molar refractivity (Wildman–Crippen MR) is 54.2 cm³/mol. The van der Waals surface area contributed by atoms with Gasteiger partial charge in [0.1, 0.15) is 11.4 Å². The normalized spacial score (nSPS) is 25.4. The average molecular weight is 193 g/mol. The van der Waals surface area contributed by atoms with Crippen molar-refractivity contribution in [3.05, 3.63) is 29.3 Å². The summed E-state index contributed by atoms with van der Waals surface area (Å²) in [5.74, 6) is 0.798. The van der Waals surface area contributed by atoms with Gasteiger partial charge in [0.05, 0.1) is 6.61 Å². The van der Waals surface area contributed by atoms with E-state index in [2.05, 4.69) is 0 Å². The molecule has 2 rings (SSSR count). The van der Waals surface area contributed by atoms with Crippen molar-refractivity contribution in [3.8, 4) is 5.75 Å². The molecule has 0 saturated heterocycles. The van der Waals surface area contributed by atoms with E-state index in [-0.39, 0.29) is 6.54 Å². The molecule has 0 bridgehead atoms. The lowest BCUT2D eigenvalue weighted by atomic mass is 9.87. The molecule has 1 aliphatic rings. The molecule has 3 nitrogen and oxygen atoms in total. The summed E-state index contributed by atoms with van der Waals surface area (Å²) >= 11 is 0. The summed E-state index contributed by atoms with van der Waals surface area (Å²) < 4.78 is 5.54. The zero-order valence-electron chi connectivity index (χ0n) is 8.29. The van der Waals surface area contributed by atoms with Gasteiger partial charge in [-0.3, -0.25) is 0 Å². The van der Waals surface area contributed by atoms with E-state index in [1.165, 1.54) is 0 Å². The van der Waals surface area contributed by atoms with Crippen LogP contribution < -0.4 is 10.5 Å². The Morgan fingerprint density at radius 1 is 1.57 bits per heavy atom. The maximum Gasteiger partial charge on any atom is 0.128 e. The first-order valence-corrected chi connectivity index (χ1v) is 4.83. The largest absolute Gasteiger partial charge is 0.493 e. The van der Waals surface area contributed by atoms with Crippen molar-refractivity contribution in [2.45, 2.75) is 18.9 Å². The average Bonchev–Trinajstić information content (AvgIpc) is 2.20. The number of nitrogens with two attached hydrogens (primary N) is 1. The summed E-state index contributed by atoms with van der Waals surface area (Å²) in [5, 5.41) is 10.3. The molecule has 3 N–H and O–H groups in total. The zero-order valence-corrected chi connectivity index (χ0v) is 8.29. The van der Waals surface area contributed by atoms with Crippen LogP contribution in [0.1, 0.15) is 17.5 Å². The van der Waals surface area contributed by atoms with Gasteiger partial charge in [-0.25, -0.2) is 0 Å². The van der Waals surface area contributed by atoms with Crippen LogP contribution in [-0.2, 0) is 5.60 Å². The maximum absolute atomic E-state index is 10.3. The number of rotatable bonds is 1. The molecule has 0 aliphatic carbocycles. The highest BCUT2D eigenvalue weighted by Gasteiger charge is 2.34. The molecule has 0 saturated carbocycles. The van der Waals surface area contributed by atoms with Gasteiger partial charge in [0.15, 0.2) is 0 Å². The highest BCUT2D eigenvalue weighted by Crippen LogP contribution is 2.38. The van der Waals surface area contributed by atoms with Crippen molar-refractivity contribution in [3.63, 3.8) is 0 Å². The number of aliphatic hydroxyl groups is 1. The van der Waals surface area contributed by atoms with Gasteiger partial charge in [-0.2, -0.15) is 0 Å². The fraction of sp³-hybridized carbons (Fsp3) is 0.455. The quantitative estimate of drug-likeness (QED) is 0.697. The second-order valence-corrected chi connectivity index (χ2v) is 3.79. The zero-order chi connectivity index (χ0) is 10.2. The smallest absolute Gasteiger partial charge is 0.128 e. The summed E-state index contributed by atoms with van der Waals surface area (Å²) in [7, 11) is 0. The second-order valence-electron chi connectivity index (χ2n) is 3.79. The van der Waals surface area contributed by atoms with Crippen LogP contribution >= 0.6 is 0 Å². The minimum absolute atomic E-state index is 0.243. The van der Waals surface area contributed by atoms with E-state index >= 15 is 0 Å². The standard InChI is InChI=1S/C11H15NO2/c1-8-3-2-4-9-10(8)14-6-5-11(9,13)7-12/h2-4,13H,5-7,12H2,1H3. The fourth-order valence-corrected chi connectivity index (χ4v) is 1.88. The topological polar surface area (TPSA) is 55.5 Å². The number of hydrogen-bond donors (Lipinski definition) is 2. The van der Waals surface area contributed by atoms with Gasteiger partial charge >= 0.3 is 0 Å². The Morgan fingerprint density at radius 3 is 3.07 bits per heavy atom. The molecule has 1 aliphatic heterocycles. The molecule has 0 spiro atoms. The van der Waals surface area contributed by atoms with Crippen LogP contribution in [0.25, 0.3) is 0 Å². The van der Waals surface area contributed by atoms with E-state index < -0.39 is 5.60 Å². The summed E-state index contributed by atoms with van der Waals surface area (Å²) in [6, 6.07) is 5.78. The van der Waals surface area contributed by atoms with Crippen molar-refractivity contribution >= 4 is 0 Å². The van der Waals surface area contributed by atoms with E-state index in [1.54, 1.807) is 0 Å². The Hall–Kier alpha value is -1.06. The minimum atomic E-state index is -0.903. The van der Waals surface area contributed by atoms with Crippen LogP contribution in [0.3, 0.4) is 0 Å². The Bertz CT molecular complexity index is 351. The second kappa shape index (κ2) is 3.26. The third-order valence-corrected chi connectivity index (χ3v) is 2.81. The number of fused-ring (bicyclic) bond motifs is 1. The van der Waals surface area contributed by atoms with E-state index in [9.17, 15) is 5.11 Å². The van der Waals surface area contributed by atoms with Crippen LogP contribution in [0.15, 0.2) is 18.2 Å². The molecule has 1 aromatic carbocycles. The van der Waals surface area contributed by atoms with E-state index in [0.29, 0.717) is 13.0 Å². The lowest BCUT2D eigenvalue weighted by molar-refractivity contribution is 0.00507. The summed E-state index contributed by atoms with van der Waals surface area (Å²) in [6.45, 7) is 2.75. The molecule has 1 aromatic rings. The third-order valence-electron chi connectivity index (χ3n) is 2.81. The van der Waals surface area contributed by atoms with Crippen molar-refractivity contribution in [2.75, 3.05) is 13.2 Å². The molecule has 0 amide bonds.